The van der Waals surface area contributed by atoms with Gasteiger partial charge >= 0.3 is 0 Å². The van der Waals surface area contributed by atoms with Gasteiger partial charge in [-0.05, 0) is 62.7 Å². The second-order valence-electron chi connectivity index (χ2n) is 5.93. The zero-order valence-corrected chi connectivity index (χ0v) is 18.0. The van der Waals surface area contributed by atoms with Crippen molar-refractivity contribution in [2.24, 2.45) is 0 Å². The van der Waals surface area contributed by atoms with Gasteiger partial charge in [0, 0.05) is 13.1 Å². The predicted octanol–water partition coefficient (Wildman–Crippen LogP) is 2.93. The highest BCUT2D eigenvalue weighted by Crippen LogP contribution is 2.31. The molecular formula is C18H24ClN3O3S2. The summed E-state index contributed by atoms with van der Waals surface area (Å²) in [5, 5.41) is 3.75. The summed E-state index contributed by atoms with van der Waals surface area (Å²) in [4.78, 5) is 27.8. The SMILES string of the molecule is CCN(CC)C(=O)COc1ccc(N2C(=O)[C@H](CCSC)NC2=S)cc1Cl. The number of halogens is 1. The molecule has 1 aromatic rings. The van der Waals surface area contributed by atoms with E-state index in [1.807, 2.05) is 20.1 Å². The number of hydrogen-bond donors (Lipinski definition) is 1. The zero-order chi connectivity index (χ0) is 20.0. The fourth-order valence-electron chi connectivity index (χ4n) is 2.76. The third-order valence-corrected chi connectivity index (χ3v) is 5.51. The first-order valence-electron chi connectivity index (χ1n) is 8.76. The van der Waals surface area contributed by atoms with Crippen molar-refractivity contribution >= 4 is 58.2 Å². The Labute approximate surface area is 174 Å². The molecule has 2 amide bonds. The van der Waals surface area contributed by atoms with Crippen molar-refractivity contribution in [3.05, 3.63) is 23.2 Å². The van der Waals surface area contributed by atoms with Crippen molar-refractivity contribution in [3.8, 4) is 5.75 Å². The van der Waals surface area contributed by atoms with Gasteiger partial charge in [0.25, 0.3) is 11.8 Å². The van der Waals surface area contributed by atoms with Gasteiger partial charge in [0.15, 0.2) is 11.7 Å². The normalized spacial score (nSPS) is 16.4. The van der Waals surface area contributed by atoms with Gasteiger partial charge in [-0.15, -0.1) is 0 Å². The van der Waals surface area contributed by atoms with E-state index in [0.29, 0.717) is 41.1 Å². The van der Waals surface area contributed by atoms with Crippen LogP contribution in [0, 0.1) is 0 Å². The Balaban J connectivity index is 2.07. The Morgan fingerprint density at radius 3 is 2.70 bits per heavy atom. The van der Waals surface area contributed by atoms with Gasteiger partial charge < -0.3 is 15.0 Å². The number of nitrogens with zero attached hydrogens (tertiary/aromatic N) is 2. The Kier molecular flexibility index (Phi) is 8.19. The van der Waals surface area contributed by atoms with Crippen LogP contribution in [0.4, 0.5) is 5.69 Å². The van der Waals surface area contributed by atoms with Crippen molar-refractivity contribution in [1.29, 1.82) is 0 Å². The number of thioether (sulfide) groups is 1. The van der Waals surface area contributed by atoms with Crippen LogP contribution in [0.2, 0.25) is 5.02 Å². The monoisotopic (exact) mass is 429 g/mol. The fourth-order valence-corrected chi connectivity index (χ4v) is 3.80. The molecule has 1 fully saturated rings. The summed E-state index contributed by atoms with van der Waals surface area (Å²) in [6.45, 7) is 5.01. The van der Waals surface area contributed by atoms with E-state index in [1.54, 1.807) is 34.9 Å². The molecule has 1 heterocycles. The number of amides is 2. The molecule has 0 radical (unpaired) electrons. The third-order valence-electron chi connectivity index (χ3n) is 4.27. The van der Waals surface area contributed by atoms with E-state index in [-0.39, 0.29) is 24.5 Å². The van der Waals surface area contributed by atoms with Crippen LogP contribution in [0.15, 0.2) is 18.2 Å². The number of carbonyl (C=O) groups is 2. The molecule has 1 saturated heterocycles. The summed E-state index contributed by atoms with van der Waals surface area (Å²) in [6, 6.07) is 4.68. The van der Waals surface area contributed by atoms with Crippen LogP contribution >= 0.6 is 35.6 Å². The van der Waals surface area contributed by atoms with Gasteiger partial charge in [0.2, 0.25) is 0 Å². The van der Waals surface area contributed by atoms with E-state index in [9.17, 15) is 9.59 Å². The number of anilines is 1. The van der Waals surface area contributed by atoms with Crippen LogP contribution in [0.25, 0.3) is 0 Å². The van der Waals surface area contributed by atoms with Crippen LogP contribution in [0.5, 0.6) is 5.75 Å². The predicted molar refractivity (Wildman–Crippen MR) is 115 cm³/mol. The van der Waals surface area contributed by atoms with Gasteiger partial charge in [-0.25, -0.2) is 0 Å². The smallest absolute Gasteiger partial charge is 0.260 e. The summed E-state index contributed by atoms with van der Waals surface area (Å²) in [6.07, 6.45) is 2.71. The molecule has 0 aliphatic carbocycles. The average Bonchev–Trinajstić information content (AvgIpc) is 2.93. The van der Waals surface area contributed by atoms with Gasteiger partial charge in [0.1, 0.15) is 11.8 Å². The molecule has 1 atom stereocenters. The molecule has 6 nitrogen and oxygen atoms in total. The van der Waals surface area contributed by atoms with E-state index in [0.717, 1.165) is 5.75 Å². The van der Waals surface area contributed by atoms with Crippen molar-refractivity contribution in [3.63, 3.8) is 0 Å². The molecule has 0 saturated carbocycles. The van der Waals surface area contributed by atoms with E-state index in [4.69, 9.17) is 28.6 Å². The molecule has 1 N–H and O–H groups in total. The first kappa shape index (κ1) is 21.8. The molecule has 0 spiro atoms. The number of likely N-dealkylation sites (N-methyl/N-ethyl adjacent to an activating group) is 1. The molecule has 27 heavy (non-hydrogen) atoms. The molecule has 9 heteroatoms. The van der Waals surface area contributed by atoms with Crippen LogP contribution in [-0.4, -0.2) is 59.6 Å². The van der Waals surface area contributed by atoms with Gasteiger partial charge in [-0.2, -0.15) is 11.8 Å². The minimum Gasteiger partial charge on any atom is -0.482 e. The summed E-state index contributed by atoms with van der Waals surface area (Å²) in [5.74, 6) is 1.08. The molecule has 0 bridgehead atoms. The number of ether oxygens (including phenoxy) is 1. The lowest BCUT2D eigenvalue weighted by atomic mass is 10.2. The second-order valence-corrected chi connectivity index (χ2v) is 7.71. The molecule has 1 aliphatic rings. The number of thiocarbonyl (C=S) groups is 1. The Hall–Kier alpha value is -1.51. The van der Waals surface area contributed by atoms with Gasteiger partial charge in [-0.1, -0.05) is 11.6 Å². The van der Waals surface area contributed by atoms with Crippen molar-refractivity contribution in [2.75, 3.05) is 36.6 Å². The van der Waals surface area contributed by atoms with Crippen LogP contribution in [0.3, 0.4) is 0 Å². The van der Waals surface area contributed by atoms with Gasteiger partial charge in [-0.3, -0.25) is 14.5 Å². The number of carbonyl (C=O) groups excluding carboxylic acids is 2. The highest BCUT2D eigenvalue weighted by molar-refractivity contribution is 7.98. The lowest BCUT2D eigenvalue weighted by Crippen LogP contribution is -2.34. The van der Waals surface area contributed by atoms with Crippen LogP contribution in [0.1, 0.15) is 20.3 Å². The summed E-state index contributed by atoms with van der Waals surface area (Å²) < 4.78 is 5.55. The van der Waals surface area contributed by atoms with Crippen molar-refractivity contribution < 1.29 is 14.3 Å². The van der Waals surface area contributed by atoms with Gasteiger partial charge in [0.05, 0.1) is 10.7 Å². The number of nitrogens with one attached hydrogen (secondary N) is 1. The molecule has 0 aromatic heterocycles. The van der Waals surface area contributed by atoms with E-state index < -0.39 is 0 Å². The number of rotatable bonds is 9. The first-order valence-corrected chi connectivity index (χ1v) is 10.9. The molecule has 1 aliphatic heterocycles. The first-order chi connectivity index (χ1) is 12.9. The summed E-state index contributed by atoms with van der Waals surface area (Å²) >= 11 is 13.3. The topological polar surface area (TPSA) is 61.9 Å². The average molecular weight is 430 g/mol. The van der Waals surface area contributed by atoms with Crippen LogP contribution in [-0.2, 0) is 9.59 Å². The molecule has 0 unspecified atom stereocenters. The lowest BCUT2D eigenvalue weighted by molar-refractivity contribution is -0.133. The Morgan fingerprint density at radius 1 is 1.41 bits per heavy atom. The quantitative estimate of drug-likeness (QED) is 0.609. The molecule has 148 valence electrons. The highest BCUT2D eigenvalue weighted by Gasteiger charge is 2.36. The fraction of sp³-hybridized carbons (Fsp3) is 0.500. The second kappa shape index (κ2) is 10.1. The molecule has 2 rings (SSSR count). The Morgan fingerprint density at radius 2 is 2.11 bits per heavy atom. The molecule has 1 aromatic carbocycles. The number of hydrogen-bond acceptors (Lipinski definition) is 5. The van der Waals surface area contributed by atoms with E-state index in [2.05, 4.69) is 5.32 Å². The summed E-state index contributed by atoms with van der Waals surface area (Å²) in [7, 11) is 0. The maximum atomic E-state index is 12.6. The Bertz CT molecular complexity index is 713. The van der Waals surface area contributed by atoms with E-state index >= 15 is 0 Å². The maximum Gasteiger partial charge on any atom is 0.260 e. The van der Waals surface area contributed by atoms with E-state index in [1.165, 1.54) is 4.90 Å². The minimum atomic E-state index is -0.314. The van der Waals surface area contributed by atoms with Crippen molar-refractivity contribution in [1.82, 2.24) is 10.2 Å². The summed E-state index contributed by atoms with van der Waals surface area (Å²) in [5.41, 5.74) is 0.580. The minimum absolute atomic E-state index is 0.0832. The zero-order valence-electron chi connectivity index (χ0n) is 15.7. The number of benzene rings is 1. The third kappa shape index (κ3) is 5.27. The molecular weight excluding hydrogens is 406 g/mol. The standard InChI is InChI=1S/C18H24ClN3O3S2/c1-4-21(5-2)16(23)11-25-15-7-6-12(10-13(15)19)22-17(24)14(8-9-27-3)20-18(22)26/h6-7,10,14H,4-5,8-9,11H2,1-3H3,(H,20,26)/t14-/m0/s1. The maximum absolute atomic E-state index is 12.6. The van der Waals surface area contributed by atoms with Crippen LogP contribution < -0.4 is 15.0 Å². The van der Waals surface area contributed by atoms with Crippen molar-refractivity contribution in [2.45, 2.75) is 26.3 Å². The lowest BCUT2D eigenvalue weighted by Gasteiger charge is -2.19. The largest absolute Gasteiger partial charge is 0.482 e. The highest BCUT2D eigenvalue weighted by atomic mass is 35.5.